The van der Waals surface area contributed by atoms with Gasteiger partial charge in [-0.1, -0.05) is 0 Å². The third kappa shape index (κ3) is 2.65. The Morgan fingerprint density at radius 1 is 1.14 bits per heavy atom. The van der Waals surface area contributed by atoms with Crippen LogP contribution < -0.4 is 5.32 Å². The van der Waals surface area contributed by atoms with Crippen LogP contribution in [0.25, 0.3) is 9.40 Å². The normalized spacial score (nSPS) is 10.7. The van der Waals surface area contributed by atoms with Crippen LogP contribution in [0.3, 0.4) is 0 Å². The number of carbonyl (C=O) groups excluding carboxylic acids is 1. The van der Waals surface area contributed by atoms with Crippen molar-refractivity contribution in [3.63, 3.8) is 0 Å². The Morgan fingerprint density at radius 3 is 2.67 bits per heavy atom. The van der Waals surface area contributed by atoms with Crippen molar-refractivity contribution in [2.75, 3.05) is 5.32 Å². The molecule has 106 valence electrons. The number of thiophene rings is 2. The maximum Gasteiger partial charge on any atom is 0.338 e. The van der Waals surface area contributed by atoms with Gasteiger partial charge in [-0.3, -0.25) is 4.79 Å². The fraction of sp³-hybridized carbons (Fsp3) is 0. The van der Waals surface area contributed by atoms with E-state index in [1.54, 1.807) is 17.4 Å². The first-order chi connectivity index (χ1) is 10.0. The van der Waals surface area contributed by atoms with E-state index in [4.69, 9.17) is 5.11 Å². The van der Waals surface area contributed by atoms with Crippen molar-refractivity contribution in [3.05, 3.63) is 52.0 Å². The summed E-state index contributed by atoms with van der Waals surface area (Å²) in [6.45, 7) is 0. The Balaban J connectivity index is 1.86. The number of anilines is 1. The summed E-state index contributed by atoms with van der Waals surface area (Å²) < 4.78 is 15.3. The van der Waals surface area contributed by atoms with E-state index in [-0.39, 0.29) is 11.6 Å². The molecule has 0 aliphatic carbocycles. The molecule has 0 saturated heterocycles. The monoisotopic (exact) mass is 321 g/mol. The van der Waals surface area contributed by atoms with Gasteiger partial charge in [-0.15, -0.1) is 22.7 Å². The Labute approximate surface area is 126 Å². The lowest BCUT2D eigenvalue weighted by Gasteiger charge is -2.05. The minimum absolute atomic E-state index is 0.246. The summed E-state index contributed by atoms with van der Waals surface area (Å²) in [6.07, 6.45) is 0. The average Bonchev–Trinajstić information content (AvgIpc) is 3.01. The number of amides is 1. The van der Waals surface area contributed by atoms with Gasteiger partial charge < -0.3 is 10.4 Å². The van der Waals surface area contributed by atoms with Crippen LogP contribution in [0.2, 0.25) is 0 Å². The first-order valence-corrected chi connectivity index (χ1v) is 7.55. The molecule has 0 unspecified atom stereocenters. The third-order valence-corrected chi connectivity index (χ3v) is 4.91. The minimum Gasteiger partial charge on any atom is -0.478 e. The van der Waals surface area contributed by atoms with Crippen molar-refractivity contribution < 1.29 is 19.1 Å². The molecule has 3 rings (SSSR count). The summed E-state index contributed by atoms with van der Waals surface area (Å²) >= 11 is 2.90. The van der Waals surface area contributed by atoms with Crippen LogP contribution in [-0.4, -0.2) is 17.0 Å². The van der Waals surface area contributed by atoms with E-state index in [1.165, 1.54) is 17.4 Å². The van der Waals surface area contributed by atoms with E-state index in [0.717, 1.165) is 21.5 Å². The largest absolute Gasteiger partial charge is 0.478 e. The highest BCUT2D eigenvalue weighted by Crippen LogP contribution is 2.30. The van der Waals surface area contributed by atoms with Gasteiger partial charge in [0.05, 0.1) is 10.4 Å². The SMILES string of the molecule is O=C(Nc1ccc(F)c(C(=O)O)c1)c1cc2sccc2s1. The van der Waals surface area contributed by atoms with Gasteiger partial charge >= 0.3 is 5.97 Å². The van der Waals surface area contributed by atoms with Crippen molar-refractivity contribution in [2.45, 2.75) is 0 Å². The number of aromatic carboxylic acids is 1. The van der Waals surface area contributed by atoms with Gasteiger partial charge in [0, 0.05) is 15.1 Å². The van der Waals surface area contributed by atoms with Gasteiger partial charge in [-0.25, -0.2) is 9.18 Å². The van der Waals surface area contributed by atoms with Crippen LogP contribution in [0.1, 0.15) is 20.0 Å². The molecule has 2 N–H and O–H groups in total. The minimum atomic E-state index is -1.37. The predicted octanol–water partition coefficient (Wildman–Crippen LogP) is 4.05. The molecule has 0 aliphatic heterocycles. The van der Waals surface area contributed by atoms with Crippen molar-refractivity contribution in [1.29, 1.82) is 0 Å². The smallest absolute Gasteiger partial charge is 0.338 e. The second kappa shape index (κ2) is 5.27. The van der Waals surface area contributed by atoms with Gasteiger partial charge in [0.25, 0.3) is 5.91 Å². The summed E-state index contributed by atoms with van der Waals surface area (Å²) in [5, 5.41) is 13.4. The second-order valence-electron chi connectivity index (χ2n) is 4.21. The zero-order valence-electron chi connectivity index (χ0n) is 10.4. The van der Waals surface area contributed by atoms with Crippen molar-refractivity contribution in [3.8, 4) is 0 Å². The zero-order chi connectivity index (χ0) is 15.0. The molecule has 1 amide bonds. The van der Waals surface area contributed by atoms with Gasteiger partial charge in [-0.2, -0.15) is 0 Å². The molecule has 0 bridgehead atoms. The molecule has 1 aromatic carbocycles. The van der Waals surface area contributed by atoms with E-state index in [9.17, 15) is 14.0 Å². The Hall–Kier alpha value is -2.25. The van der Waals surface area contributed by atoms with E-state index in [0.29, 0.717) is 4.88 Å². The number of benzene rings is 1. The summed E-state index contributed by atoms with van der Waals surface area (Å²) in [6, 6.07) is 7.16. The first-order valence-electron chi connectivity index (χ1n) is 5.86. The average molecular weight is 321 g/mol. The lowest BCUT2D eigenvalue weighted by molar-refractivity contribution is 0.0691. The topological polar surface area (TPSA) is 66.4 Å². The molecule has 0 atom stereocenters. The third-order valence-electron chi connectivity index (χ3n) is 2.82. The summed E-state index contributed by atoms with van der Waals surface area (Å²) in [5.74, 6) is -2.55. The molecule has 21 heavy (non-hydrogen) atoms. The molecule has 7 heteroatoms. The lowest BCUT2D eigenvalue weighted by Crippen LogP contribution is -2.11. The van der Waals surface area contributed by atoms with Gasteiger partial charge in [0.15, 0.2) is 0 Å². The van der Waals surface area contributed by atoms with Gasteiger partial charge in [0.1, 0.15) is 5.82 Å². The highest BCUT2D eigenvalue weighted by molar-refractivity contribution is 7.27. The van der Waals surface area contributed by atoms with E-state index in [1.807, 2.05) is 11.4 Å². The molecule has 0 saturated carbocycles. The van der Waals surface area contributed by atoms with E-state index in [2.05, 4.69) is 5.32 Å². The summed E-state index contributed by atoms with van der Waals surface area (Å²) in [5.41, 5.74) is -0.226. The Kier molecular flexibility index (Phi) is 3.44. The fourth-order valence-corrected chi connectivity index (χ4v) is 3.84. The fourth-order valence-electron chi connectivity index (χ4n) is 1.84. The highest BCUT2D eigenvalue weighted by atomic mass is 32.1. The summed E-state index contributed by atoms with van der Waals surface area (Å²) in [4.78, 5) is 23.5. The summed E-state index contributed by atoms with van der Waals surface area (Å²) in [7, 11) is 0. The maximum absolute atomic E-state index is 13.3. The molecule has 0 aliphatic rings. The predicted molar refractivity (Wildman–Crippen MR) is 81.0 cm³/mol. The van der Waals surface area contributed by atoms with Crippen LogP contribution in [0.15, 0.2) is 35.7 Å². The lowest BCUT2D eigenvalue weighted by atomic mass is 10.2. The van der Waals surface area contributed by atoms with E-state index < -0.39 is 17.3 Å². The molecule has 3 aromatic rings. The Morgan fingerprint density at radius 2 is 1.95 bits per heavy atom. The number of halogens is 1. The molecule has 2 heterocycles. The van der Waals surface area contributed by atoms with Crippen LogP contribution in [0.4, 0.5) is 10.1 Å². The highest BCUT2D eigenvalue weighted by Gasteiger charge is 2.14. The molecule has 0 radical (unpaired) electrons. The number of nitrogens with one attached hydrogen (secondary N) is 1. The van der Waals surface area contributed by atoms with Crippen LogP contribution in [-0.2, 0) is 0 Å². The number of carboxylic acids is 1. The number of carboxylic acid groups (broad SMARTS) is 1. The van der Waals surface area contributed by atoms with Crippen LogP contribution >= 0.6 is 22.7 Å². The zero-order valence-corrected chi connectivity index (χ0v) is 12.1. The molecule has 0 fully saturated rings. The maximum atomic E-state index is 13.3. The van der Waals surface area contributed by atoms with Crippen molar-refractivity contribution in [2.24, 2.45) is 0 Å². The molecular weight excluding hydrogens is 313 g/mol. The molecule has 4 nitrogen and oxygen atoms in total. The number of hydrogen-bond donors (Lipinski definition) is 2. The number of fused-ring (bicyclic) bond motifs is 1. The quantitative estimate of drug-likeness (QED) is 0.764. The van der Waals surface area contributed by atoms with Crippen molar-refractivity contribution >= 4 is 49.6 Å². The van der Waals surface area contributed by atoms with Crippen LogP contribution in [0, 0.1) is 5.82 Å². The standard InChI is InChI=1S/C14H8FNO3S2/c15-9-2-1-7(5-8(9)14(18)19)16-13(17)12-6-11-10(21-12)3-4-20-11/h1-6H,(H,16,17)(H,18,19). The molecular formula is C14H8FNO3S2. The number of rotatable bonds is 3. The molecule has 0 spiro atoms. The van der Waals surface area contributed by atoms with E-state index >= 15 is 0 Å². The second-order valence-corrected chi connectivity index (χ2v) is 6.25. The molecule has 2 aromatic heterocycles. The van der Waals surface area contributed by atoms with Crippen molar-refractivity contribution in [1.82, 2.24) is 0 Å². The number of carbonyl (C=O) groups is 2. The first kappa shape index (κ1) is 13.7. The van der Waals surface area contributed by atoms with Gasteiger partial charge in [0.2, 0.25) is 0 Å². The Bertz CT molecular complexity index is 824. The number of hydrogen-bond acceptors (Lipinski definition) is 4. The van der Waals surface area contributed by atoms with Crippen LogP contribution in [0.5, 0.6) is 0 Å². The van der Waals surface area contributed by atoms with Gasteiger partial charge in [-0.05, 0) is 35.7 Å².